The van der Waals surface area contributed by atoms with Crippen LogP contribution in [0.4, 0.5) is 0 Å². The summed E-state index contributed by atoms with van der Waals surface area (Å²) in [5.74, 6) is 0. The van der Waals surface area contributed by atoms with Crippen molar-refractivity contribution in [2.24, 2.45) is 0 Å². The maximum atomic E-state index is 3.83. The first-order valence-corrected chi connectivity index (χ1v) is 11.0. The third-order valence-corrected chi connectivity index (χ3v) is 6.60. The molecule has 29 heavy (non-hydrogen) atoms. The average Bonchev–Trinajstić information content (AvgIpc) is 2.97. The first kappa shape index (κ1) is 30.9. The number of allylic oxidation sites excluding steroid dienone is 4. The molecule has 0 spiro atoms. The Morgan fingerprint density at radius 3 is 2.10 bits per heavy atom. The van der Waals surface area contributed by atoms with Crippen LogP contribution in [0.5, 0.6) is 0 Å². The summed E-state index contributed by atoms with van der Waals surface area (Å²) in [6.07, 6.45) is 10.1. The van der Waals surface area contributed by atoms with Gasteiger partial charge in [-0.15, -0.1) is 22.9 Å². The van der Waals surface area contributed by atoms with Gasteiger partial charge in [-0.2, -0.15) is 17.2 Å². The minimum absolute atomic E-state index is 0. The van der Waals surface area contributed by atoms with Crippen LogP contribution in [-0.4, -0.2) is 9.52 Å². The van der Waals surface area contributed by atoms with E-state index >= 15 is 0 Å². The Morgan fingerprint density at radius 2 is 1.52 bits per heavy atom. The molecule has 0 atom stereocenters. The number of halogens is 3. The van der Waals surface area contributed by atoms with E-state index in [1.165, 1.54) is 47.9 Å². The second-order valence-electron chi connectivity index (χ2n) is 7.38. The van der Waals surface area contributed by atoms with E-state index in [1.54, 1.807) is 16.0 Å². The molecule has 2 aromatic rings. The third-order valence-electron chi connectivity index (χ3n) is 4.93. The van der Waals surface area contributed by atoms with Crippen LogP contribution in [0.25, 0.3) is 5.57 Å². The summed E-state index contributed by atoms with van der Waals surface area (Å²) < 4.78 is 0. The Bertz CT molecular complexity index is 781. The van der Waals surface area contributed by atoms with Crippen molar-refractivity contribution in [2.75, 3.05) is 0 Å². The fraction of sp³-hybridized carbons (Fsp3) is 0.333. The molecule has 2 aromatic carbocycles. The number of hydrogen-bond acceptors (Lipinski definition) is 0. The van der Waals surface area contributed by atoms with Crippen LogP contribution >= 0.6 is 0 Å². The molecular weight excluding hydrogens is 471 g/mol. The molecule has 0 bridgehead atoms. The van der Waals surface area contributed by atoms with E-state index < -0.39 is 9.52 Å². The average molecular weight is 500 g/mol. The summed E-state index contributed by atoms with van der Waals surface area (Å²) in [6.45, 7) is 6.70. The number of unbranched alkanes of at least 4 members (excludes halogenated alkanes) is 2. The van der Waals surface area contributed by atoms with Crippen LogP contribution in [-0.2, 0) is 21.7 Å². The van der Waals surface area contributed by atoms with E-state index in [0.29, 0.717) is 0 Å². The predicted molar refractivity (Wildman–Crippen MR) is 113 cm³/mol. The second-order valence-corrected chi connectivity index (χ2v) is 9.40. The maximum absolute atomic E-state index is 3.83. The summed E-state index contributed by atoms with van der Waals surface area (Å²) in [7, 11) is -0.411. The maximum Gasteiger partial charge on any atom is 4.00 e. The Hall–Kier alpha value is -0.279. The van der Waals surface area contributed by atoms with E-state index in [2.05, 4.69) is 75.4 Å². The Morgan fingerprint density at radius 1 is 0.897 bits per heavy atom. The van der Waals surface area contributed by atoms with Gasteiger partial charge in [-0.25, -0.2) is 0 Å². The zero-order chi connectivity index (χ0) is 17.6. The zero-order valence-electron chi connectivity index (χ0n) is 17.5. The Kier molecular flexibility index (Phi) is 16.5. The van der Waals surface area contributed by atoms with Crippen molar-refractivity contribution in [1.29, 1.82) is 0 Å². The van der Waals surface area contributed by atoms with E-state index in [1.807, 2.05) is 0 Å². The summed E-state index contributed by atoms with van der Waals surface area (Å²) in [4.78, 5) is 0. The molecule has 0 aliphatic heterocycles. The molecule has 1 aliphatic carbocycles. The monoisotopic (exact) mass is 498 g/mol. The topological polar surface area (TPSA) is 0 Å². The van der Waals surface area contributed by atoms with Crippen molar-refractivity contribution in [3.8, 4) is 0 Å². The molecular formula is C24H29Cl3SiTi. The van der Waals surface area contributed by atoms with Gasteiger partial charge in [0.25, 0.3) is 0 Å². The first-order valence-electron chi connectivity index (χ1n) is 9.62. The largest absolute Gasteiger partial charge is 4.00 e. The van der Waals surface area contributed by atoms with Gasteiger partial charge < -0.3 is 37.2 Å². The molecule has 0 nitrogen and oxygen atoms in total. The molecule has 0 N–H and O–H groups in total. The van der Waals surface area contributed by atoms with Crippen LogP contribution in [0.1, 0.15) is 55.7 Å². The number of aryl methyl sites for hydroxylation is 2. The van der Waals surface area contributed by atoms with Crippen molar-refractivity contribution in [2.45, 2.75) is 52.9 Å². The Labute approximate surface area is 213 Å². The molecule has 0 aromatic heterocycles. The fourth-order valence-corrected chi connectivity index (χ4v) is 5.90. The van der Waals surface area contributed by atoms with Gasteiger partial charge in [-0.1, -0.05) is 91.7 Å². The predicted octanol–water partition coefficient (Wildman–Crippen LogP) is -3.77. The number of hydrogen-bond donors (Lipinski definition) is 0. The van der Waals surface area contributed by atoms with Crippen LogP contribution in [0.3, 0.4) is 0 Å². The molecule has 1 aliphatic rings. The summed E-state index contributed by atoms with van der Waals surface area (Å²) >= 11 is 0. The molecule has 5 heteroatoms. The molecule has 0 saturated carbocycles. The van der Waals surface area contributed by atoms with Gasteiger partial charge >= 0.3 is 21.7 Å². The summed E-state index contributed by atoms with van der Waals surface area (Å²) in [5.41, 5.74) is 7.13. The molecule has 3 rings (SSSR count). The normalized spacial score (nSPS) is 12.6. The van der Waals surface area contributed by atoms with Crippen LogP contribution < -0.4 is 42.4 Å². The first-order chi connectivity index (χ1) is 12.2. The van der Waals surface area contributed by atoms with E-state index in [9.17, 15) is 0 Å². The van der Waals surface area contributed by atoms with Crippen molar-refractivity contribution >= 4 is 20.3 Å². The number of rotatable bonds is 7. The molecule has 0 radical (unpaired) electrons. The fourth-order valence-electron chi connectivity index (χ4n) is 3.86. The quantitative estimate of drug-likeness (QED) is 0.209. The van der Waals surface area contributed by atoms with Crippen LogP contribution in [0, 0.1) is 19.9 Å². The molecule has 0 fully saturated rings. The molecule has 0 saturated heterocycles. The second kappa shape index (κ2) is 15.5. The van der Waals surface area contributed by atoms with Gasteiger partial charge in [0.05, 0.1) is 9.52 Å². The van der Waals surface area contributed by atoms with E-state index in [4.69, 9.17) is 0 Å². The Balaban J connectivity index is 0. The van der Waals surface area contributed by atoms with Gasteiger partial charge in [-0.3, -0.25) is 0 Å². The van der Waals surface area contributed by atoms with Gasteiger partial charge in [0, 0.05) is 0 Å². The number of benzene rings is 2. The standard InChI is InChI=1S/C24H29Si.3ClH.Ti/c1-4-5-7-12-21-16-23(17-24(21)20-10-8-6-9-11-20)25-22-14-18(2)13-19(3)15-22;;;;/h6,8-11,13-15H,4-5,7,12,16,25H2,1-3H3;3*1H;/q-1;;;;+4/p-3. The minimum atomic E-state index is -0.411. The van der Waals surface area contributed by atoms with Crippen molar-refractivity contribution in [3.05, 3.63) is 82.1 Å². The minimum Gasteiger partial charge on any atom is -1.00 e. The third kappa shape index (κ3) is 9.17. The van der Waals surface area contributed by atoms with Crippen molar-refractivity contribution < 1.29 is 58.9 Å². The molecule has 154 valence electrons. The van der Waals surface area contributed by atoms with Crippen LogP contribution in [0.15, 0.2) is 59.3 Å². The van der Waals surface area contributed by atoms with Gasteiger partial charge in [0.1, 0.15) is 0 Å². The zero-order valence-corrected chi connectivity index (χ0v) is 22.7. The van der Waals surface area contributed by atoms with Crippen LogP contribution in [0.2, 0.25) is 0 Å². The molecule has 0 heterocycles. The van der Waals surface area contributed by atoms with Crippen molar-refractivity contribution in [1.82, 2.24) is 0 Å². The van der Waals surface area contributed by atoms with Gasteiger partial charge in [0.15, 0.2) is 0 Å². The smallest absolute Gasteiger partial charge is 1.00 e. The van der Waals surface area contributed by atoms with E-state index in [-0.39, 0.29) is 58.9 Å². The van der Waals surface area contributed by atoms with Gasteiger partial charge in [0.2, 0.25) is 0 Å². The van der Waals surface area contributed by atoms with Crippen molar-refractivity contribution in [3.63, 3.8) is 0 Å². The van der Waals surface area contributed by atoms with Gasteiger partial charge in [-0.05, 0) is 13.8 Å². The molecule has 0 unspecified atom stereocenters. The summed E-state index contributed by atoms with van der Waals surface area (Å²) in [5, 5.41) is 3.14. The van der Waals surface area contributed by atoms with E-state index in [0.717, 1.165) is 6.42 Å². The summed E-state index contributed by atoms with van der Waals surface area (Å²) in [6, 6.07) is 17.9. The molecule has 0 amide bonds. The SMILES string of the molecule is CCCCCC1=C(c2ccccc2)[C-]=C([SiH2]c2cc(C)cc(C)c2)C1.[Cl-].[Cl-].[Cl-].[Ti+4].